The maximum atomic E-state index is 12.7. The minimum absolute atomic E-state index is 0.0280. The van der Waals surface area contributed by atoms with Gasteiger partial charge in [-0.05, 0) is 44.6 Å². The van der Waals surface area contributed by atoms with E-state index < -0.39 is 17.9 Å². The molecule has 0 spiro atoms. The predicted octanol–water partition coefficient (Wildman–Crippen LogP) is 2.00. The smallest absolute Gasteiger partial charge is 0.326 e. The van der Waals surface area contributed by atoms with E-state index in [9.17, 15) is 14.7 Å². The van der Waals surface area contributed by atoms with Crippen molar-refractivity contribution in [2.24, 2.45) is 5.92 Å². The SMILES string of the molecule is Cc1noc2nc(C3CC3)cc(C(=O)NC(C(=O)O)C3CC3)c12. The molecule has 1 unspecified atom stereocenters. The molecule has 2 fully saturated rings. The fourth-order valence-corrected chi connectivity index (χ4v) is 2.91. The Morgan fingerprint density at radius 3 is 2.70 bits per heavy atom. The lowest BCUT2D eigenvalue weighted by atomic mass is 10.1. The first-order valence-electron chi connectivity index (χ1n) is 7.85. The number of amides is 1. The predicted molar refractivity (Wildman–Crippen MR) is 80.1 cm³/mol. The number of carbonyl (C=O) groups is 2. The quantitative estimate of drug-likeness (QED) is 0.874. The van der Waals surface area contributed by atoms with Crippen LogP contribution in [-0.4, -0.2) is 33.2 Å². The van der Waals surface area contributed by atoms with Crippen molar-refractivity contribution in [1.29, 1.82) is 0 Å². The van der Waals surface area contributed by atoms with Crippen LogP contribution in [0.5, 0.6) is 0 Å². The third-order valence-corrected chi connectivity index (χ3v) is 4.52. The number of fused-ring (bicyclic) bond motifs is 1. The number of carboxylic acids is 1. The number of carbonyl (C=O) groups excluding carboxylic acids is 1. The highest BCUT2D eigenvalue weighted by Gasteiger charge is 2.38. The molecule has 7 nitrogen and oxygen atoms in total. The second-order valence-electron chi connectivity index (χ2n) is 6.44. The van der Waals surface area contributed by atoms with E-state index in [1.165, 1.54) is 0 Å². The van der Waals surface area contributed by atoms with Gasteiger partial charge in [0.25, 0.3) is 11.6 Å². The summed E-state index contributed by atoms with van der Waals surface area (Å²) in [4.78, 5) is 28.5. The van der Waals surface area contributed by atoms with Crippen LogP contribution in [0.4, 0.5) is 0 Å². The standard InChI is InChI=1S/C16H17N3O4/c1-7-12-10(14(20)18-13(16(21)22)9-4-5-9)6-11(8-2-3-8)17-15(12)23-19-7/h6,8-9,13H,2-5H2,1H3,(H,18,20)(H,21,22). The molecule has 0 bridgehead atoms. The van der Waals surface area contributed by atoms with Gasteiger partial charge >= 0.3 is 5.97 Å². The van der Waals surface area contributed by atoms with Gasteiger partial charge in [-0.25, -0.2) is 9.78 Å². The molecule has 2 saturated carbocycles. The van der Waals surface area contributed by atoms with Crippen molar-refractivity contribution in [3.8, 4) is 0 Å². The number of hydrogen-bond acceptors (Lipinski definition) is 5. The van der Waals surface area contributed by atoms with E-state index in [-0.39, 0.29) is 5.92 Å². The molecule has 0 saturated heterocycles. The van der Waals surface area contributed by atoms with Crippen molar-refractivity contribution in [3.05, 3.63) is 23.0 Å². The highest BCUT2D eigenvalue weighted by Crippen LogP contribution is 2.40. The van der Waals surface area contributed by atoms with Gasteiger partial charge in [-0.1, -0.05) is 5.16 Å². The minimum Gasteiger partial charge on any atom is -0.480 e. The summed E-state index contributed by atoms with van der Waals surface area (Å²) in [5.41, 5.74) is 2.15. The third kappa shape index (κ3) is 2.56. The molecule has 120 valence electrons. The van der Waals surface area contributed by atoms with E-state index in [1.54, 1.807) is 13.0 Å². The van der Waals surface area contributed by atoms with Crippen molar-refractivity contribution in [1.82, 2.24) is 15.5 Å². The lowest BCUT2D eigenvalue weighted by Crippen LogP contribution is -2.42. The zero-order valence-corrected chi connectivity index (χ0v) is 12.7. The first-order chi connectivity index (χ1) is 11.0. The monoisotopic (exact) mass is 315 g/mol. The van der Waals surface area contributed by atoms with E-state index in [0.717, 1.165) is 31.4 Å². The van der Waals surface area contributed by atoms with Crippen molar-refractivity contribution >= 4 is 23.0 Å². The molecule has 0 aromatic carbocycles. The van der Waals surface area contributed by atoms with E-state index in [0.29, 0.717) is 28.3 Å². The average molecular weight is 315 g/mol. The number of carboxylic acid groups (broad SMARTS) is 1. The fourth-order valence-electron chi connectivity index (χ4n) is 2.91. The molecule has 0 radical (unpaired) electrons. The number of pyridine rings is 1. The highest BCUT2D eigenvalue weighted by atomic mass is 16.5. The molecule has 1 amide bonds. The van der Waals surface area contributed by atoms with Crippen LogP contribution in [-0.2, 0) is 4.79 Å². The van der Waals surface area contributed by atoms with Gasteiger partial charge in [-0.2, -0.15) is 0 Å². The Labute approximate surface area is 132 Å². The Balaban J connectivity index is 1.72. The molecular formula is C16H17N3O4. The van der Waals surface area contributed by atoms with Crippen LogP contribution in [0, 0.1) is 12.8 Å². The van der Waals surface area contributed by atoms with Crippen LogP contribution in [0.3, 0.4) is 0 Å². The fraction of sp³-hybridized carbons (Fsp3) is 0.500. The van der Waals surface area contributed by atoms with Gasteiger partial charge in [-0.15, -0.1) is 0 Å². The van der Waals surface area contributed by atoms with E-state index in [1.807, 2.05) is 0 Å². The molecule has 2 aliphatic rings. The van der Waals surface area contributed by atoms with Gasteiger partial charge in [-0.3, -0.25) is 4.79 Å². The van der Waals surface area contributed by atoms with Gasteiger partial charge in [0, 0.05) is 11.6 Å². The van der Waals surface area contributed by atoms with Crippen molar-refractivity contribution in [2.45, 2.75) is 44.6 Å². The summed E-state index contributed by atoms with van der Waals surface area (Å²) in [5, 5.41) is 16.4. The summed E-state index contributed by atoms with van der Waals surface area (Å²) >= 11 is 0. The minimum atomic E-state index is -0.990. The lowest BCUT2D eigenvalue weighted by molar-refractivity contribution is -0.139. The van der Waals surface area contributed by atoms with Gasteiger partial charge in [0.05, 0.1) is 16.6 Å². The summed E-state index contributed by atoms with van der Waals surface area (Å²) in [6, 6.07) is 0.918. The molecule has 1 atom stereocenters. The van der Waals surface area contributed by atoms with Crippen molar-refractivity contribution < 1.29 is 19.2 Å². The summed E-state index contributed by atoms with van der Waals surface area (Å²) in [6.45, 7) is 1.75. The molecule has 0 aliphatic heterocycles. The largest absolute Gasteiger partial charge is 0.480 e. The van der Waals surface area contributed by atoms with Crippen LogP contribution in [0.2, 0.25) is 0 Å². The molecule has 4 rings (SSSR count). The zero-order chi connectivity index (χ0) is 16.1. The normalized spacial score (nSPS) is 18.8. The Morgan fingerprint density at radius 1 is 1.35 bits per heavy atom. The van der Waals surface area contributed by atoms with Crippen LogP contribution >= 0.6 is 0 Å². The second-order valence-corrected chi connectivity index (χ2v) is 6.44. The van der Waals surface area contributed by atoms with E-state index >= 15 is 0 Å². The van der Waals surface area contributed by atoms with Crippen molar-refractivity contribution in [3.63, 3.8) is 0 Å². The number of aryl methyl sites for hydroxylation is 1. The second kappa shape index (κ2) is 5.04. The third-order valence-electron chi connectivity index (χ3n) is 4.52. The Morgan fingerprint density at radius 2 is 2.09 bits per heavy atom. The van der Waals surface area contributed by atoms with Crippen LogP contribution in [0.1, 0.15) is 53.3 Å². The maximum Gasteiger partial charge on any atom is 0.326 e. The first-order valence-corrected chi connectivity index (χ1v) is 7.85. The Hall–Kier alpha value is -2.44. The number of nitrogens with zero attached hydrogens (tertiary/aromatic N) is 2. The highest BCUT2D eigenvalue weighted by molar-refractivity contribution is 6.07. The van der Waals surface area contributed by atoms with Gasteiger partial charge < -0.3 is 14.9 Å². The Kier molecular flexibility index (Phi) is 3.11. The summed E-state index contributed by atoms with van der Waals surface area (Å²) in [6.07, 6.45) is 3.77. The summed E-state index contributed by atoms with van der Waals surface area (Å²) in [7, 11) is 0. The van der Waals surface area contributed by atoms with Crippen LogP contribution in [0.25, 0.3) is 11.1 Å². The van der Waals surface area contributed by atoms with E-state index in [4.69, 9.17) is 4.52 Å². The molecule has 2 aromatic heterocycles. The summed E-state index contributed by atoms with van der Waals surface area (Å²) in [5.74, 6) is -1.00. The molecule has 2 aliphatic carbocycles. The topological polar surface area (TPSA) is 105 Å². The molecule has 23 heavy (non-hydrogen) atoms. The average Bonchev–Trinajstić information content (AvgIpc) is 3.42. The Bertz CT molecular complexity index is 805. The van der Waals surface area contributed by atoms with Gasteiger partial charge in [0.2, 0.25) is 0 Å². The molecular weight excluding hydrogens is 298 g/mol. The lowest BCUT2D eigenvalue weighted by Gasteiger charge is -2.14. The van der Waals surface area contributed by atoms with E-state index in [2.05, 4.69) is 15.5 Å². The molecule has 2 aromatic rings. The first kappa shape index (κ1) is 14.2. The molecule has 2 heterocycles. The number of aromatic nitrogens is 2. The number of rotatable bonds is 5. The number of nitrogens with one attached hydrogen (secondary N) is 1. The molecule has 2 N–H and O–H groups in total. The number of aliphatic carboxylic acids is 1. The zero-order valence-electron chi connectivity index (χ0n) is 12.7. The maximum absolute atomic E-state index is 12.7. The molecule has 7 heteroatoms. The van der Waals surface area contributed by atoms with Crippen molar-refractivity contribution in [2.75, 3.05) is 0 Å². The van der Waals surface area contributed by atoms with Gasteiger partial charge in [0.15, 0.2) is 0 Å². The van der Waals surface area contributed by atoms with Gasteiger partial charge in [0.1, 0.15) is 6.04 Å². The van der Waals surface area contributed by atoms with Crippen LogP contribution < -0.4 is 5.32 Å². The number of hydrogen-bond donors (Lipinski definition) is 2. The summed E-state index contributed by atoms with van der Waals surface area (Å²) < 4.78 is 5.21. The van der Waals surface area contributed by atoms with Crippen LogP contribution in [0.15, 0.2) is 10.6 Å².